The van der Waals surface area contributed by atoms with E-state index in [1.807, 2.05) is 24.4 Å². The van der Waals surface area contributed by atoms with E-state index in [9.17, 15) is 0 Å². The molecule has 0 amide bonds. The minimum Gasteiger partial charge on any atom is -0.462 e. The maximum absolute atomic E-state index is 5.97. The van der Waals surface area contributed by atoms with E-state index < -0.39 is 0 Å². The highest BCUT2D eigenvalue weighted by Gasteiger charge is 2.16. The Morgan fingerprint density at radius 3 is 2.62 bits per heavy atom. The van der Waals surface area contributed by atoms with E-state index in [2.05, 4.69) is 51.3 Å². The Balaban J connectivity index is 1.52. The predicted molar refractivity (Wildman–Crippen MR) is 114 cm³/mol. The first-order valence-corrected chi connectivity index (χ1v) is 10.6. The van der Waals surface area contributed by atoms with Crippen LogP contribution in [0.1, 0.15) is 50.2 Å². The summed E-state index contributed by atoms with van der Waals surface area (Å²) < 4.78 is 7.74. The molecule has 154 valence electrons. The van der Waals surface area contributed by atoms with Crippen LogP contribution < -0.4 is 10.1 Å². The molecule has 2 aromatic heterocycles. The Morgan fingerprint density at radius 1 is 1.07 bits per heavy atom. The van der Waals surface area contributed by atoms with Crippen molar-refractivity contribution < 1.29 is 4.74 Å². The highest BCUT2D eigenvalue weighted by atomic mass is 16.5. The van der Waals surface area contributed by atoms with E-state index in [0.29, 0.717) is 31.0 Å². The topological polar surface area (TPSA) is 67.6 Å². The molecule has 1 aliphatic rings. The molecule has 7 nitrogen and oxygen atoms in total. The van der Waals surface area contributed by atoms with Crippen molar-refractivity contribution in [3.05, 3.63) is 47.7 Å². The van der Waals surface area contributed by atoms with E-state index in [4.69, 9.17) is 4.74 Å². The number of nitrogens with one attached hydrogen (secondary N) is 1. The Bertz CT molecular complexity index is 918. The van der Waals surface area contributed by atoms with Gasteiger partial charge in [-0.15, -0.1) is 0 Å². The molecular weight excluding hydrogens is 364 g/mol. The van der Waals surface area contributed by atoms with E-state index in [1.165, 1.54) is 24.8 Å². The van der Waals surface area contributed by atoms with E-state index in [1.54, 1.807) is 4.52 Å². The van der Waals surface area contributed by atoms with Crippen LogP contribution in [0.25, 0.3) is 5.65 Å². The number of hydrogen-bond donors (Lipinski definition) is 1. The van der Waals surface area contributed by atoms with Gasteiger partial charge in [0.05, 0.1) is 6.20 Å². The summed E-state index contributed by atoms with van der Waals surface area (Å²) in [4.78, 5) is 11.7. The van der Waals surface area contributed by atoms with Crippen LogP contribution in [0.5, 0.6) is 6.01 Å². The normalized spacial score (nSPS) is 15.1. The van der Waals surface area contributed by atoms with Gasteiger partial charge in [-0.25, -0.2) is 0 Å². The van der Waals surface area contributed by atoms with Gasteiger partial charge in [0, 0.05) is 18.7 Å². The summed E-state index contributed by atoms with van der Waals surface area (Å²) in [7, 11) is 0. The number of hydrogen-bond acceptors (Lipinski definition) is 6. The van der Waals surface area contributed by atoms with Gasteiger partial charge in [0.1, 0.15) is 6.61 Å². The number of piperidine rings is 1. The molecule has 0 radical (unpaired) electrons. The minimum atomic E-state index is 0.325. The number of nitrogens with zero attached hydrogens (tertiary/aromatic N) is 5. The molecule has 0 atom stereocenters. The van der Waals surface area contributed by atoms with Crippen molar-refractivity contribution in [2.24, 2.45) is 0 Å². The van der Waals surface area contributed by atoms with Gasteiger partial charge in [-0.3, -0.25) is 4.90 Å². The summed E-state index contributed by atoms with van der Waals surface area (Å²) in [6, 6.07) is 10.7. The zero-order valence-corrected chi connectivity index (χ0v) is 17.3. The lowest BCUT2D eigenvalue weighted by molar-refractivity contribution is 0.177. The first-order chi connectivity index (χ1) is 14.2. The lowest BCUT2D eigenvalue weighted by atomic mass is 10.1. The minimum absolute atomic E-state index is 0.325. The van der Waals surface area contributed by atoms with Gasteiger partial charge in [-0.1, -0.05) is 50.6 Å². The fourth-order valence-corrected chi connectivity index (χ4v) is 3.69. The van der Waals surface area contributed by atoms with Crippen molar-refractivity contribution >= 4 is 11.6 Å². The maximum atomic E-state index is 5.97. The predicted octanol–water partition coefficient (Wildman–Crippen LogP) is 3.72. The molecule has 3 aromatic rings. The van der Waals surface area contributed by atoms with Crippen molar-refractivity contribution in [1.29, 1.82) is 0 Å². The van der Waals surface area contributed by atoms with Crippen LogP contribution in [0.4, 0.5) is 5.95 Å². The number of anilines is 1. The summed E-state index contributed by atoms with van der Waals surface area (Å²) in [6.07, 6.45) is 5.78. The lowest BCUT2D eigenvalue weighted by Gasteiger charge is -2.25. The second-order valence-corrected chi connectivity index (χ2v) is 7.91. The van der Waals surface area contributed by atoms with E-state index in [-0.39, 0.29) is 0 Å². The van der Waals surface area contributed by atoms with Crippen molar-refractivity contribution in [2.75, 3.05) is 31.6 Å². The lowest BCUT2D eigenvalue weighted by Crippen LogP contribution is -2.33. The zero-order valence-electron chi connectivity index (χ0n) is 17.3. The molecule has 7 heteroatoms. The Morgan fingerprint density at radius 2 is 1.86 bits per heavy atom. The second-order valence-electron chi connectivity index (χ2n) is 7.91. The number of ether oxygens (including phenoxy) is 1. The number of benzene rings is 1. The molecule has 0 bridgehead atoms. The van der Waals surface area contributed by atoms with Gasteiger partial charge in [0.15, 0.2) is 5.65 Å². The molecule has 1 N–H and O–H groups in total. The number of aromatic nitrogens is 4. The van der Waals surface area contributed by atoms with Crippen molar-refractivity contribution in [3.63, 3.8) is 0 Å². The molecule has 4 rings (SSSR count). The second kappa shape index (κ2) is 9.22. The highest BCUT2D eigenvalue weighted by Crippen LogP contribution is 2.23. The molecule has 3 heterocycles. The summed E-state index contributed by atoms with van der Waals surface area (Å²) in [5.41, 5.74) is 3.08. The highest BCUT2D eigenvalue weighted by molar-refractivity contribution is 5.53. The average Bonchev–Trinajstić information content (AvgIpc) is 3.18. The summed E-state index contributed by atoms with van der Waals surface area (Å²) in [5, 5.41) is 7.91. The third-order valence-corrected chi connectivity index (χ3v) is 5.38. The van der Waals surface area contributed by atoms with Crippen molar-refractivity contribution in [1.82, 2.24) is 24.5 Å². The Kier molecular flexibility index (Phi) is 6.24. The first kappa shape index (κ1) is 19.6. The molecule has 29 heavy (non-hydrogen) atoms. The zero-order chi connectivity index (χ0) is 20.1. The SMILES string of the molecule is CC(C)c1cnn2c(NCc3ccccc3)nc(OCCN3CCCCC3)nc12. The van der Waals surface area contributed by atoms with Gasteiger partial charge in [-0.05, 0) is 37.4 Å². The maximum Gasteiger partial charge on any atom is 0.321 e. The van der Waals surface area contributed by atoms with Crippen LogP contribution >= 0.6 is 0 Å². The Hall–Kier alpha value is -2.67. The van der Waals surface area contributed by atoms with Crippen LogP contribution in [0, 0.1) is 0 Å². The molecule has 0 saturated carbocycles. The molecule has 1 aliphatic heterocycles. The summed E-state index contributed by atoms with van der Waals surface area (Å²) in [5.74, 6) is 0.976. The number of likely N-dealkylation sites (tertiary alicyclic amines) is 1. The van der Waals surface area contributed by atoms with Crippen LogP contribution in [0.3, 0.4) is 0 Å². The molecule has 1 fully saturated rings. The van der Waals surface area contributed by atoms with Gasteiger partial charge in [0.2, 0.25) is 5.95 Å². The monoisotopic (exact) mass is 394 g/mol. The fraction of sp³-hybridized carbons (Fsp3) is 0.500. The summed E-state index contributed by atoms with van der Waals surface area (Å²) in [6.45, 7) is 8.79. The number of rotatable bonds is 8. The van der Waals surface area contributed by atoms with E-state index >= 15 is 0 Å². The third-order valence-electron chi connectivity index (χ3n) is 5.38. The molecule has 0 aliphatic carbocycles. The van der Waals surface area contributed by atoms with Gasteiger partial charge >= 0.3 is 6.01 Å². The van der Waals surface area contributed by atoms with Gasteiger partial charge < -0.3 is 10.1 Å². The largest absolute Gasteiger partial charge is 0.462 e. The van der Waals surface area contributed by atoms with Gasteiger partial charge in [-0.2, -0.15) is 19.6 Å². The molecule has 1 saturated heterocycles. The number of fused-ring (bicyclic) bond motifs is 1. The molecular formula is C22H30N6O. The quantitative estimate of drug-likeness (QED) is 0.628. The van der Waals surface area contributed by atoms with E-state index in [0.717, 1.165) is 30.8 Å². The Labute approximate surface area is 172 Å². The molecule has 0 spiro atoms. The summed E-state index contributed by atoms with van der Waals surface area (Å²) >= 11 is 0. The fourth-order valence-electron chi connectivity index (χ4n) is 3.69. The molecule has 1 aromatic carbocycles. The average molecular weight is 395 g/mol. The smallest absolute Gasteiger partial charge is 0.321 e. The van der Waals surface area contributed by atoms with Crippen LogP contribution in [-0.2, 0) is 6.54 Å². The van der Waals surface area contributed by atoms with Crippen molar-refractivity contribution in [3.8, 4) is 6.01 Å². The first-order valence-electron chi connectivity index (χ1n) is 10.6. The third kappa shape index (κ3) is 4.85. The van der Waals surface area contributed by atoms with Crippen LogP contribution in [-0.4, -0.2) is 50.7 Å². The van der Waals surface area contributed by atoms with Crippen LogP contribution in [0.15, 0.2) is 36.5 Å². The van der Waals surface area contributed by atoms with Crippen LogP contribution in [0.2, 0.25) is 0 Å². The van der Waals surface area contributed by atoms with Crippen molar-refractivity contribution in [2.45, 2.75) is 45.6 Å². The standard InChI is InChI=1S/C22H30N6O/c1-17(2)19-16-24-28-20(19)25-22(29-14-13-27-11-7-4-8-12-27)26-21(28)23-15-18-9-5-3-6-10-18/h3,5-6,9-10,16-17H,4,7-8,11-15H2,1-2H3,(H,23,25,26). The molecule has 0 unspecified atom stereocenters. The van der Waals surface area contributed by atoms with Gasteiger partial charge in [0.25, 0.3) is 0 Å².